The Labute approximate surface area is 117 Å². The summed E-state index contributed by atoms with van der Waals surface area (Å²) in [6, 6.07) is 10.8. The van der Waals surface area contributed by atoms with Gasteiger partial charge in [0.15, 0.2) is 0 Å². The molecule has 0 aliphatic carbocycles. The summed E-state index contributed by atoms with van der Waals surface area (Å²) >= 11 is 0. The van der Waals surface area contributed by atoms with Crippen molar-refractivity contribution >= 4 is 5.97 Å². The van der Waals surface area contributed by atoms with E-state index in [1.54, 1.807) is 18.3 Å². The fourth-order valence-corrected chi connectivity index (χ4v) is 1.73. The number of pyridine rings is 1. The third kappa shape index (κ3) is 3.33. The van der Waals surface area contributed by atoms with E-state index in [1.807, 2.05) is 31.3 Å². The fourth-order valence-electron chi connectivity index (χ4n) is 1.73. The molecule has 2 rings (SSSR count). The van der Waals surface area contributed by atoms with Gasteiger partial charge in [-0.05, 0) is 36.9 Å². The van der Waals surface area contributed by atoms with E-state index in [0.717, 1.165) is 12.1 Å². The Bertz CT molecular complexity index is 582. The van der Waals surface area contributed by atoms with Crippen LogP contribution < -0.4 is 10.1 Å². The maximum atomic E-state index is 11.6. The normalized spacial score (nSPS) is 10.1. The topological polar surface area (TPSA) is 60.5 Å². The number of hydrogen-bond donors (Lipinski definition) is 1. The number of esters is 1. The van der Waals surface area contributed by atoms with Crippen LogP contribution in [0.3, 0.4) is 0 Å². The van der Waals surface area contributed by atoms with E-state index in [4.69, 9.17) is 9.47 Å². The third-order valence-corrected chi connectivity index (χ3v) is 2.70. The number of hydrogen-bond acceptors (Lipinski definition) is 5. The maximum absolute atomic E-state index is 11.6. The van der Waals surface area contributed by atoms with Gasteiger partial charge in [0, 0.05) is 12.7 Å². The van der Waals surface area contributed by atoms with Gasteiger partial charge in [-0.25, -0.2) is 9.78 Å². The van der Waals surface area contributed by atoms with Crippen LogP contribution in [0.2, 0.25) is 0 Å². The first kappa shape index (κ1) is 14.0. The summed E-state index contributed by atoms with van der Waals surface area (Å²) in [5, 5.41) is 3.07. The van der Waals surface area contributed by atoms with Gasteiger partial charge in [0.05, 0.1) is 7.11 Å². The number of carbonyl (C=O) groups excluding carboxylic acids is 1. The van der Waals surface area contributed by atoms with Crippen LogP contribution in [0.5, 0.6) is 11.6 Å². The summed E-state index contributed by atoms with van der Waals surface area (Å²) in [6.07, 6.45) is 1.57. The van der Waals surface area contributed by atoms with E-state index in [1.165, 1.54) is 7.11 Å². The zero-order valence-electron chi connectivity index (χ0n) is 11.4. The number of ether oxygens (including phenoxy) is 2. The quantitative estimate of drug-likeness (QED) is 0.847. The second-order valence-electron chi connectivity index (χ2n) is 4.12. The highest BCUT2D eigenvalue weighted by molar-refractivity contribution is 5.91. The molecule has 1 aromatic carbocycles. The molecule has 1 aromatic heterocycles. The zero-order valence-corrected chi connectivity index (χ0v) is 11.4. The first-order valence-electron chi connectivity index (χ1n) is 6.19. The average Bonchev–Trinajstić information content (AvgIpc) is 2.49. The lowest BCUT2D eigenvalue weighted by Crippen LogP contribution is -2.05. The van der Waals surface area contributed by atoms with Crippen molar-refractivity contribution < 1.29 is 14.3 Å². The Kier molecular flexibility index (Phi) is 4.68. The monoisotopic (exact) mass is 272 g/mol. The minimum absolute atomic E-state index is 0.237. The molecule has 0 atom stereocenters. The van der Waals surface area contributed by atoms with Crippen LogP contribution in [0.4, 0.5) is 0 Å². The number of methoxy groups -OCH3 is 1. The van der Waals surface area contributed by atoms with Crippen molar-refractivity contribution in [3.05, 3.63) is 53.7 Å². The molecule has 0 saturated carbocycles. The standard InChI is InChI=1S/C15H16N2O3/c1-16-10-11-5-7-12(8-6-11)20-14-13(15(18)19-2)4-3-9-17-14/h3-9,16H,10H2,1-2H3. The fraction of sp³-hybridized carbons (Fsp3) is 0.200. The van der Waals surface area contributed by atoms with Crippen LogP contribution >= 0.6 is 0 Å². The molecule has 0 aliphatic rings. The predicted octanol–water partition coefficient (Wildman–Crippen LogP) is 2.38. The summed E-state index contributed by atoms with van der Waals surface area (Å²) < 4.78 is 10.3. The minimum Gasteiger partial charge on any atom is -0.465 e. The van der Waals surface area contributed by atoms with E-state index in [0.29, 0.717) is 11.3 Å². The van der Waals surface area contributed by atoms with E-state index in [2.05, 4.69) is 10.3 Å². The Balaban J connectivity index is 2.19. The van der Waals surface area contributed by atoms with Crippen LogP contribution in [-0.4, -0.2) is 25.1 Å². The number of aromatic nitrogens is 1. The van der Waals surface area contributed by atoms with E-state index in [-0.39, 0.29) is 5.88 Å². The Morgan fingerprint density at radius 1 is 1.25 bits per heavy atom. The molecule has 0 spiro atoms. The summed E-state index contributed by atoms with van der Waals surface area (Å²) in [7, 11) is 3.21. The largest absolute Gasteiger partial charge is 0.465 e. The molecule has 0 fully saturated rings. The third-order valence-electron chi connectivity index (χ3n) is 2.70. The van der Waals surface area contributed by atoms with Gasteiger partial charge in [-0.1, -0.05) is 12.1 Å². The van der Waals surface area contributed by atoms with Gasteiger partial charge in [-0.3, -0.25) is 0 Å². The van der Waals surface area contributed by atoms with Gasteiger partial charge < -0.3 is 14.8 Å². The van der Waals surface area contributed by atoms with E-state index < -0.39 is 5.97 Å². The van der Waals surface area contributed by atoms with Gasteiger partial charge in [0.2, 0.25) is 5.88 Å². The molecule has 20 heavy (non-hydrogen) atoms. The van der Waals surface area contributed by atoms with Gasteiger partial charge in [-0.2, -0.15) is 0 Å². The molecule has 104 valence electrons. The van der Waals surface area contributed by atoms with Crippen LogP contribution in [0.15, 0.2) is 42.6 Å². The molecule has 0 saturated heterocycles. The second-order valence-corrected chi connectivity index (χ2v) is 4.12. The SMILES string of the molecule is CNCc1ccc(Oc2ncccc2C(=O)OC)cc1. The molecule has 5 nitrogen and oxygen atoms in total. The molecule has 0 bridgehead atoms. The van der Waals surface area contributed by atoms with Crippen molar-refractivity contribution in [1.82, 2.24) is 10.3 Å². The lowest BCUT2D eigenvalue weighted by Gasteiger charge is -2.09. The second kappa shape index (κ2) is 6.68. The molecule has 0 unspecified atom stereocenters. The number of nitrogens with one attached hydrogen (secondary N) is 1. The van der Waals surface area contributed by atoms with Crippen LogP contribution in [-0.2, 0) is 11.3 Å². The highest BCUT2D eigenvalue weighted by Gasteiger charge is 2.14. The highest BCUT2D eigenvalue weighted by atomic mass is 16.5. The Morgan fingerprint density at radius 2 is 2.00 bits per heavy atom. The molecule has 0 amide bonds. The summed E-state index contributed by atoms with van der Waals surface area (Å²) in [4.78, 5) is 15.7. The summed E-state index contributed by atoms with van der Waals surface area (Å²) in [6.45, 7) is 0.789. The van der Waals surface area contributed by atoms with Gasteiger partial charge in [-0.15, -0.1) is 0 Å². The lowest BCUT2D eigenvalue weighted by atomic mass is 10.2. The smallest absolute Gasteiger partial charge is 0.343 e. The lowest BCUT2D eigenvalue weighted by molar-refractivity contribution is 0.0597. The van der Waals surface area contributed by atoms with Crippen molar-refractivity contribution in [2.45, 2.75) is 6.54 Å². The van der Waals surface area contributed by atoms with Gasteiger partial charge >= 0.3 is 5.97 Å². The molecule has 1 heterocycles. The number of benzene rings is 1. The van der Waals surface area contributed by atoms with Crippen LogP contribution in [0.25, 0.3) is 0 Å². The van der Waals surface area contributed by atoms with Crippen LogP contribution in [0, 0.1) is 0 Å². The minimum atomic E-state index is -0.472. The average molecular weight is 272 g/mol. The maximum Gasteiger partial charge on any atom is 0.343 e. The molecular formula is C15H16N2O3. The van der Waals surface area contributed by atoms with Crippen molar-refractivity contribution in [2.24, 2.45) is 0 Å². The summed E-state index contributed by atoms with van der Waals surface area (Å²) in [5.41, 5.74) is 1.45. The zero-order chi connectivity index (χ0) is 14.4. The first-order valence-corrected chi connectivity index (χ1v) is 6.19. The number of carbonyl (C=O) groups is 1. The van der Waals surface area contributed by atoms with Crippen molar-refractivity contribution in [3.63, 3.8) is 0 Å². The summed E-state index contributed by atoms with van der Waals surface area (Å²) in [5.74, 6) is 0.384. The van der Waals surface area contributed by atoms with Crippen molar-refractivity contribution in [1.29, 1.82) is 0 Å². The molecule has 0 aliphatic heterocycles. The molecule has 1 N–H and O–H groups in total. The van der Waals surface area contributed by atoms with Crippen molar-refractivity contribution in [2.75, 3.05) is 14.2 Å². The highest BCUT2D eigenvalue weighted by Crippen LogP contribution is 2.23. The van der Waals surface area contributed by atoms with Crippen LogP contribution in [0.1, 0.15) is 15.9 Å². The van der Waals surface area contributed by atoms with Crippen molar-refractivity contribution in [3.8, 4) is 11.6 Å². The van der Waals surface area contributed by atoms with Gasteiger partial charge in [0.1, 0.15) is 11.3 Å². The molecule has 2 aromatic rings. The van der Waals surface area contributed by atoms with Gasteiger partial charge in [0.25, 0.3) is 0 Å². The van der Waals surface area contributed by atoms with E-state index in [9.17, 15) is 4.79 Å². The number of rotatable bonds is 5. The molecule has 0 radical (unpaired) electrons. The first-order chi connectivity index (χ1) is 9.74. The Hall–Kier alpha value is -2.40. The van der Waals surface area contributed by atoms with E-state index >= 15 is 0 Å². The number of nitrogens with zero attached hydrogens (tertiary/aromatic N) is 1. The Morgan fingerprint density at radius 3 is 2.65 bits per heavy atom. The molecule has 5 heteroatoms. The predicted molar refractivity (Wildman–Crippen MR) is 74.9 cm³/mol. The molecular weight excluding hydrogens is 256 g/mol.